The highest BCUT2D eigenvalue weighted by Gasteiger charge is 2.18. The van der Waals surface area contributed by atoms with Crippen molar-refractivity contribution in [2.75, 3.05) is 0 Å². The lowest BCUT2D eigenvalue weighted by atomic mass is 10.2. The second kappa shape index (κ2) is 6.19. The summed E-state index contributed by atoms with van der Waals surface area (Å²) < 4.78 is 1.96. The van der Waals surface area contributed by atoms with Crippen LogP contribution >= 0.6 is 34.4 Å². The molecule has 0 aliphatic carbocycles. The van der Waals surface area contributed by atoms with E-state index in [1.165, 1.54) is 11.3 Å². The molecule has 8 heteroatoms. The lowest BCUT2D eigenvalue weighted by Crippen LogP contribution is -2.12. The van der Waals surface area contributed by atoms with E-state index in [4.69, 9.17) is 0 Å². The lowest BCUT2D eigenvalue weighted by Gasteiger charge is -2.10. The number of thiophene rings is 2. The van der Waals surface area contributed by atoms with Crippen LogP contribution in [0.1, 0.15) is 18.0 Å². The molecule has 0 amide bonds. The summed E-state index contributed by atoms with van der Waals surface area (Å²) in [6.07, 6.45) is 3.67. The molecular formula is C16H14N4OS3. The minimum atomic E-state index is -0.0769. The van der Waals surface area contributed by atoms with E-state index in [1.54, 1.807) is 29.3 Å². The Hall–Kier alpha value is -1.90. The Bertz CT molecular complexity index is 1050. The van der Waals surface area contributed by atoms with Crippen LogP contribution in [0.4, 0.5) is 0 Å². The average Bonchev–Trinajstić information content (AvgIpc) is 3.28. The third-order valence-corrected chi connectivity index (χ3v) is 6.65. The molecule has 4 rings (SSSR count). The Morgan fingerprint density at radius 1 is 1.38 bits per heavy atom. The molecule has 0 saturated heterocycles. The Kier molecular flexibility index (Phi) is 4.03. The molecule has 0 aliphatic heterocycles. The summed E-state index contributed by atoms with van der Waals surface area (Å²) >= 11 is 4.72. The van der Waals surface area contributed by atoms with Crippen molar-refractivity contribution in [1.82, 2.24) is 19.5 Å². The van der Waals surface area contributed by atoms with E-state index in [9.17, 15) is 4.79 Å². The number of thioether (sulfide) groups is 1. The van der Waals surface area contributed by atoms with Crippen LogP contribution in [0, 0.1) is 0 Å². The largest absolute Gasteiger partial charge is 0.329 e. The van der Waals surface area contributed by atoms with E-state index in [1.807, 2.05) is 47.6 Å². The van der Waals surface area contributed by atoms with Crippen LogP contribution in [0.2, 0.25) is 0 Å². The van der Waals surface area contributed by atoms with Crippen LogP contribution in [0.5, 0.6) is 0 Å². The number of nitrogens with one attached hydrogen (secondary N) is 1. The van der Waals surface area contributed by atoms with Crippen molar-refractivity contribution in [2.45, 2.75) is 17.3 Å². The first kappa shape index (κ1) is 15.6. The number of aromatic nitrogens is 4. The molecule has 4 aromatic rings. The van der Waals surface area contributed by atoms with Crippen molar-refractivity contribution in [3.63, 3.8) is 0 Å². The van der Waals surface area contributed by atoms with Gasteiger partial charge in [0.15, 0.2) is 5.16 Å². The van der Waals surface area contributed by atoms with Crippen LogP contribution in [-0.2, 0) is 7.05 Å². The summed E-state index contributed by atoms with van der Waals surface area (Å²) in [6.45, 7) is 2.03. The molecule has 1 atom stereocenters. The van der Waals surface area contributed by atoms with Gasteiger partial charge >= 0.3 is 0 Å². The molecule has 0 radical (unpaired) electrons. The quantitative estimate of drug-likeness (QED) is 0.541. The highest BCUT2D eigenvalue weighted by molar-refractivity contribution is 7.99. The zero-order valence-corrected chi connectivity index (χ0v) is 15.5. The van der Waals surface area contributed by atoms with Gasteiger partial charge in [-0.3, -0.25) is 4.79 Å². The Morgan fingerprint density at radius 2 is 2.25 bits per heavy atom. The first-order chi connectivity index (χ1) is 11.6. The highest BCUT2D eigenvalue weighted by Crippen LogP contribution is 2.36. The van der Waals surface area contributed by atoms with Gasteiger partial charge in [-0.2, -0.15) is 0 Å². The molecule has 1 unspecified atom stereocenters. The summed E-state index contributed by atoms with van der Waals surface area (Å²) in [5, 5.41) is 5.62. The van der Waals surface area contributed by atoms with E-state index in [0.717, 1.165) is 20.4 Å². The van der Waals surface area contributed by atoms with Gasteiger partial charge in [0.2, 0.25) is 0 Å². The van der Waals surface area contributed by atoms with Gasteiger partial charge in [-0.15, -0.1) is 22.7 Å². The number of nitrogens with zero attached hydrogens (tertiary/aromatic N) is 3. The summed E-state index contributed by atoms with van der Waals surface area (Å²) in [5.74, 6) is 0.681. The third kappa shape index (κ3) is 2.70. The van der Waals surface area contributed by atoms with Gasteiger partial charge in [0, 0.05) is 35.3 Å². The van der Waals surface area contributed by atoms with Gasteiger partial charge in [0.05, 0.1) is 10.6 Å². The van der Waals surface area contributed by atoms with Crippen molar-refractivity contribution < 1.29 is 0 Å². The molecule has 4 heterocycles. The smallest absolute Gasteiger partial charge is 0.260 e. The van der Waals surface area contributed by atoms with Gasteiger partial charge in [-0.1, -0.05) is 17.8 Å². The molecule has 122 valence electrons. The van der Waals surface area contributed by atoms with E-state index in [0.29, 0.717) is 11.2 Å². The van der Waals surface area contributed by atoms with Gasteiger partial charge in [0.25, 0.3) is 5.56 Å². The number of fused-ring (bicyclic) bond motifs is 1. The van der Waals surface area contributed by atoms with E-state index < -0.39 is 0 Å². The minimum absolute atomic E-state index is 0.00971. The molecule has 0 aliphatic rings. The number of hydrogen-bond acceptors (Lipinski definition) is 6. The minimum Gasteiger partial charge on any atom is -0.329 e. The Labute approximate surface area is 150 Å². The number of H-pyrrole nitrogens is 1. The van der Waals surface area contributed by atoms with Crippen molar-refractivity contribution in [1.29, 1.82) is 0 Å². The van der Waals surface area contributed by atoms with Gasteiger partial charge in [-0.25, -0.2) is 9.97 Å². The third-order valence-electron chi connectivity index (χ3n) is 3.69. The normalized spacial score (nSPS) is 12.8. The molecule has 4 aromatic heterocycles. The van der Waals surface area contributed by atoms with Crippen LogP contribution in [-0.4, -0.2) is 19.5 Å². The monoisotopic (exact) mass is 374 g/mol. The van der Waals surface area contributed by atoms with Gasteiger partial charge < -0.3 is 9.55 Å². The highest BCUT2D eigenvalue weighted by atomic mass is 32.2. The maximum atomic E-state index is 12.6. The molecule has 0 aromatic carbocycles. The van der Waals surface area contributed by atoms with Crippen LogP contribution in [0.3, 0.4) is 0 Å². The zero-order chi connectivity index (χ0) is 16.7. The molecule has 0 saturated carbocycles. The maximum Gasteiger partial charge on any atom is 0.260 e. The second-order valence-electron chi connectivity index (χ2n) is 5.34. The van der Waals surface area contributed by atoms with Crippen molar-refractivity contribution >= 4 is 44.7 Å². The molecule has 5 nitrogen and oxygen atoms in total. The first-order valence-electron chi connectivity index (χ1n) is 7.33. The lowest BCUT2D eigenvalue weighted by molar-refractivity contribution is 0.783. The zero-order valence-electron chi connectivity index (χ0n) is 13.0. The average molecular weight is 375 g/mol. The fraction of sp³-hybridized carbons (Fsp3) is 0.188. The second-order valence-corrected chi connectivity index (χ2v) is 8.45. The molecule has 0 bridgehead atoms. The van der Waals surface area contributed by atoms with Crippen LogP contribution < -0.4 is 5.56 Å². The summed E-state index contributed by atoms with van der Waals surface area (Å²) in [4.78, 5) is 26.5. The molecule has 24 heavy (non-hydrogen) atoms. The molecular weight excluding hydrogens is 360 g/mol. The van der Waals surface area contributed by atoms with Crippen LogP contribution in [0.15, 0.2) is 45.2 Å². The number of imidazole rings is 1. The van der Waals surface area contributed by atoms with Crippen molar-refractivity contribution in [3.05, 3.63) is 51.5 Å². The Balaban J connectivity index is 1.74. The standard InChI is InChI=1S/C16H14N4OS3/c1-9(24-16-17-5-6-20(16)2)13-18-14(21)12-10(8-23-15(12)19-13)11-4-3-7-22-11/h3-9H,1-2H3,(H,18,19,21). The number of aryl methyl sites for hydroxylation is 1. The van der Waals surface area contributed by atoms with E-state index >= 15 is 0 Å². The van der Waals surface area contributed by atoms with E-state index in [-0.39, 0.29) is 10.8 Å². The van der Waals surface area contributed by atoms with Crippen molar-refractivity contribution in [2.24, 2.45) is 7.05 Å². The van der Waals surface area contributed by atoms with Gasteiger partial charge in [0.1, 0.15) is 10.7 Å². The number of aromatic amines is 1. The molecule has 0 spiro atoms. The fourth-order valence-electron chi connectivity index (χ4n) is 2.45. The predicted octanol–water partition coefficient (Wildman–Crippen LogP) is 4.30. The van der Waals surface area contributed by atoms with Crippen molar-refractivity contribution in [3.8, 4) is 10.4 Å². The van der Waals surface area contributed by atoms with E-state index in [2.05, 4.69) is 15.0 Å². The molecule has 0 fully saturated rings. The van der Waals surface area contributed by atoms with Gasteiger partial charge in [-0.05, 0) is 18.4 Å². The van der Waals surface area contributed by atoms with Crippen LogP contribution in [0.25, 0.3) is 20.7 Å². The number of rotatable bonds is 4. The predicted molar refractivity (Wildman–Crippen MR) is 101 cm³/mol. The maximum absolute atomic E-state index is 12.6. The fourth-order valence-corrected chi connectivity index (χ4v) is 5.11. The summed E-state index contributed by atoms with van der Waals surface area (Å²) in [5.41, 5.74) is 0.890. The molecule has 1 N–H and O–H groups in total. The number of hydrogen-bond donors (Lipinski definition) is 1. The summed E-state index contributed by atoms with van der Waals surface area (Å²) in [7, 11) is 1.95. The topological polar surface area (TPSA) is 63.6 Å². The first-order valence-corrected chi connectivity index (χ1v) is 9.96. The summed E-state index contributed by atoms with van der Waals surface area (Å²) in [6, 6.07) is 4.02. The SMILES string of the molecule is CC(Sc1nccn1C)c1nc2scc(-c3cccs3)c2c(=O)[nH]1. The Morgan fingerprint density at radius 3 is 2.96 bits per heavy atom.